The summed E-state index contributed by atoms with van der Waals surface area (Å²) in [4.78, 5) is 31.2. The van der Waals surface area contributed by atoms with Crippen molar-refractivity contribution in [1.29, 1.82) is 0 Å². The minimum absolute atomic E-state index is 0.00141. The summed E-state index contributed by atoms with van der Waals surface area (Å²) >= 11 is 1.75. The minimum Gasteiger partial charge on any atom is -0.497 e. The van der Waals surface area contributed by atoms with Crippen molar-refractivity contribution in [3.05, 3.63) is 51.7 Å². The van der Waals surface area contributed by atoms with Crippen LogP contribution >= 0.6 is 11.3 Å². The molecule has 5 nitrogen and oxygen atoms in total. The van der Waals surface area contributed by atoms with Gasteiger partial charge in [-0.15, -0.1) is 11.3 Å². The van der Waals surface area contributed by atoms with Gasteiger partial charge in [0.05, 0.1) is 13.2 Å². The third-order valence-corrected chi connectivity index (χ3v) is 6.55. The molecule has 1 aliphatic rings. The Hall–Kier alpha value is -2.34. The normalized spacial score (nSPS) is 16.0. The van der Waals surface area contributed by atoms with Crippen LogP contribution in [-0.4, -0.2) is 47.9 Å². The third-order valence-electron chi connectivity index (χ3n) is 5.55. The van der Waals surface area contributed by atoms with Gasteiger partial charge in [-0.3, -0.25) is 9.59 Å². The van der Waals surface area contributed by atoms with Crippen LogP contribution < -0.4 is 4.74 Å². The number of methoxy groups -OCH3 is 1. The highest BCUT2D eigenvalue weighted by Gasteiger charge is 2.34. The maximum atomic E-state index is 13.5. The predicted octanol–water partition coefficient (Wildman–Crippen LogP) is 4.51. The average molecular weight is 429 g/mol. The van der Waals surface area contributed by atoms with Gasteiger partial charge < -0.3 is 14.5 Å². The predicted molar refractivity (Wildman–Crippen MR) is 121 cm³/mol. The summed E-state index contributed by atoms with van der Waals surface area (Å²) in [5.74, 6) is 1.11. The van der Waals surface area contributed by atoms with Crippen LogP contribution in [0.1, 0.15) is 56.2 Å². The fourth-order valence-corrected chi connectivity index (χ4v) is 4.90. The third kappa shape index (κ3) is 4.86. The highest BCUT2D eigenvalue weighted by Crippen LogP contribution is 2.38. The van der Waals surface area contributed by atoms with Gasteiger partial charge >= 0.3 is 0 Å². The van der Waals surface area contributed by atoms with Crippen molar-refractivity contribution in [3.8, 4) is 5.75 Å². The summed E-state index contributed by atoms with van der Waals surface area (Å²) in [6.45, 7) is 8.78. The van der Waals surface area contributed by atoms with E-state index in [9.17, 15) is 9.59 Å². The van der Waals surface area contributed by atoms with E-state index in [0.29, 0.717) is 13.0 Å². The van der Waals surface area contributed by atoms with Gasteiger partial charge in [0.2, 0.25) is 11.8 Å². The molecule has 3 rings (SSSR count). The Labute approximate surface area is 183 Å². The molecule has 0 saturated heterocycles. The quantitative estimate of drug-likeness (QED) is 0.652. The molecule has 1 aromatic heterocycles. The molecule has 6 heteroatoms. The van der Waals surface area contributed by atoms with Gasteiger partial charge in [0.25, 0.3) is 0 Å². The highest BCUT2D eigenvalue weighted by molar-refractivity contribution is 7.10. The first-order valence-electron chi connectivity index (χ1n) is 10.6. The topological polar surface area (TPSA) is 49.9 Å². The van der Waals surface area contributed by atoms with Gasteiger partial charge in [-0.2, -0.15) is 0 Å². The van der Waals surface area contributed by atoms with Crippen LogP contribution in [0.5, 0.6) is 5.75 Å². The van der Waals surface area contributed by atoms with Crippen LogP contribution in [0.3, 0.4) is 0 Å². The van der Waals surface area contributed by atoms with Gasteiger partial charge in [-0.05, 0) is 60.9 Å². The lowest BCUT2D eigenvalue weighted by molar-refractivity contribution is -0.143. The molecule has 0 bridgehead atoms. The van der Waals surface area contributed by atoms with E-state index < -0.39 is 0 Å². The van der Waals surface area contributed by atoms with Gasteiger partial charge in [-0.25, -0.2) is 0 Å². The number of hydrogen-bond donors (Lipinski definition) is 0. The van der Waals surface area contributed by atoms with Gasteiger partial charge in [0, 0.05) is 23.9 Å². The zero-order valence-corrected chi connectivity index (χ0v) is 19.4. The fourth-order valence-electron chi connectivity index (χ4n) is 3.99. The Morgan fingerprint density at radius 1 is 1.17 bits per heavy atom. The van der Waals surface area contributed by atoms with Crippen LogP contribution in [0.4, 0.5) is 0 Å². The lowest BCUT2D eigenvalue weighted by Crippen LogP contribution is -2.48. The second kappa shape index (κ2) is 9.65. The first-order chi connectivity index (χ1) is 14.3. The highest BCUT2D eigenvalue weighted by atomic mass is 32.1. The van der Waals surface area contributed by atoms with E-state index in [1.807, 2.05) is 56.9 Å². The molecule has 0 radical (unpaired) electrons. The summed E-state index contributed by atoms with van der Waals surface area (Å²) in [6, 6.07) is 9.91. The number of hydrogen-bond acceptors (Lipinski definition) is 4. The summed E-state index contributed by atoms with van der Waals surface area (Å²) in [7, 11) is 1.65. The lowest BCUT2D eigenvalue weighted by atomic mass is 9.93. The van der Waals surface area contributed by atoms with Crippen molar-refractivity contribution >= 4 is 23.2 Å². The number of rotatable bonds is 7. The van der Waals surface area contributed by atoms with Crippen LogP contribution in [0.2, 0.25) is 0 Å². The van der Waals surface area contributed by atoms with Gasteiger partial charge in [-0.1, -0.05) is 26.0 Å². The molecule has 0 saturated carbocycles. The SMILES string of the molecule is COc1ccc([C@@H]2c3ccsc3CCN2C(=O)CN(C(=O)CC(C)C)C(C)C)cc1. The Bertz CT molecular complexity index is 873. The van der Waals surface area contributed by atoms with E-state index >= 15 is 0 Å². The summed E-state index contributed by atoms with van der Waals surface area (Å²) in [5, 5.41) is 2.10. The molecule has 30 heavy (non-hydrogen) atoms. The fraction of sp³-hybridized carbons (Fsp3) is 0.500. The van der Waals surface area contributed by atoms with Crippen molar-refractivity contribution in [3.63, 3.8) is 0 Å². The second-order valence-electron chi connectivity index (χ2n) is 8.53. The molecule has 0 fully saturated rings. The minimum atomic E-state index is -0.132. The largest absolute Gasteiger partial charge is 0.497 e. The first-order valence-corrected chi connectivity index (χ1v) is 11.5. The number of ether oxygens (including phenoxy) is 1. The molecule has 2 aromatic rings. The molecule has 0 N–H and O–H groups in total. The molecule has 1 aliphatic heterocycles. The van der Waals surface area contributed by atoms with Crippen LogP contribution in [0, 0.1) is 5.92 Å². The molecule has 2 amide bonds. The van der Waals surface area contributed by atoms with Gasteiger partial charge in [0.1, 0.15) is 12.3 Å². The second-order valence-corrected chi connectivity index (χ2v) is 9.53. The Morgan fingerprint density at radius 2 is 1.87 bits per heavy atom. The maximum Gasteiger partial charge on any atom is 0.243 e. The molecule has 1 atom stereocenters. The number of thiophene rings is 1. The maximum absolute atomic E-state index is 13.5. The molecule has 0 unspecified atom stereocenters. The van der Waals surface area contributed by atoms with Crippen LogP contribution in [0.15, 0.2) is 35.7 Å². The molecule has 1 aromatic carbocycles. The van der Waals surface area contributed by atoms with Crippen LogP contribution in [0.25, 0.3) is 0 Å². The number of amides is 2. The summed E-state index contributed by atoms with van der Waals surface area (Å²) in [6.07, 6.45) is 1.31. The van der Waals surface area contributed by atoms with E-state index in [-0.39, 0.29) is 36.4 Å². The zero-order valence-electron chi connectivity index (χ0n) is 18.6. The monoisotopic (exact) mass is 428 g/mol. The van der Waals surface area contributed by atoms with E-state index in [4.69, 9.17) is 4.74 Å². The molecule has 162 valence electrons. The van der Waals surface area contributed by atoms with Crippen molar-refractivity contribution in [1.82, 2.24) is 9.80 Å². The van der Waals surface area contributed by atoms with Crippen molar-refractivity contribution < 1.29 is 14.3 Å². The number of fused-ring (bicyclic) bond motifs is 1. The van der Waals surface area contributed by atoms with Crippen LogP contribution in [-0.2, 0) is 16.0 Å². The smallest absolute Gasteiger partial charge is 0.243 e. The van der Waals surface area contributed by atoms with Crippen molar-refractivity contribution in [2.45, 2.75) is 52.6 Å². The number of nitrogens with zero attached hydrogens (tertiary/aromatic N) is 2. The standard InChI is InChI=1S/C24H32N2O3S/c1-16(2)14-22(27)26(17(3)4)15-23(28)25-12-10-21-20(11-13-30-21)24(25)18-6-8-19(29-5)9-7-18/h6-9,11,13,16-17,24H,10,12,14-15H2,1-5H3/t24-/m1/s1. The first kappa shape index (κ1) is 22.3. The summed E-state index contributed by atoms with van der Waals surface area (Å²) in [5.41, 5.74) is 2.25. The van der Waals surface area contributed by atoms with E-state index in [0.717, 1.165) is 17.7 Å². The Morgan fingerprint density at radius 3 is 2.47 bits per heavy atom. The molecular formula is C24H32N2O3S. The van der Waals surface area contributed by atoms with E-state index in [1.54, 1.807) is 23.3 Å². The Balaban J connectivity index is 1.88. The number of carbonyl (C=O) groups is 2. The number of carbonyl (C=O) groups excluding carboxylic acids is 2. The van der Waals surface area contributed by atoms with Crippen molar-refractivity contribution in [2.75, 3.05) is 20.2 Å². The molecule has 2 heterocycles. The Kier molecular flexibility index (Phi) is 7.19. The average Bonchev–Trinajstić information content (AvgIpc) is 3.19. The van der Waals surface area contributed by atoms with Crippen molar-refractivity contribution in [2.24, 2.45) is 5.92 Å². The molecule has 0 aliphatic carbocycles. The molecule has 0 spiro atoms. The van der Waals surface area contributed by atoms with E-state index in [2.05, 4.69) is 11.4 Å². The van der Waals surface area contributed by atoms with Gasteiger partial charge in [0.15, 0.2) is 0 Å². The molecular weight excluding hydrogens is 396 g/mol. The lowest BCUT2D eigenvalue weighted by Gasteiger charge is -2.38. The van der Waals surface area contributed by atoms with E-state index in [1.165, 1.54) is 10.4 Å². The number of benzene rings is 1. The zero-order chi connectivity index (χ0) is 21.8. The summed E-state index contributed by atoms with van der Waals surface area (Å²) < 4.78 is 5.30.